The van der Waals surface area contributed by atoms with Crippen LogP contribution in [-0.2, 0) is 17.9 Å². The third-order valence-corrected chi connectivity index (χ3v) is 4.76. The predicted molar refractivity (Wildman–Crippen MR) is 90.5 cm³/mol. The highest BCUT2D eigenvalue weighted by Crippen LogP contribution is 2.24. The van der Waals surface area contributed by atoms with Crippen molar-refractivity contribution >= 4 is 5.91 Å². The molecule has 1 aromatic carbocycles. The maximum absolute atomic E-state index is 12.4. The van der Waals surface area contributed by atoms with Gasteiger partial charge in [0.25, 0.3) is 0 Å². The van der Waals surface area contributed by atoms with E-state index in [0.29, 0.717) is 6.54 Å². The van der Waals surface area contributed by atoms with Gasteiger partial charge >= 0.3 is 0 Å². The van der Waals surface area contributed by atoms with Crippen LogP contribution in [0.2, 0.25) is 0 Å². The average molecular weight is 303 g/mol. The van der Waals surface area contributed by atoms with Crippen LogP contribution in [0.4, 0.5) is 0 Å². The highest BCUT2D eigenvalue weighted by Gasteiger charge is 2.35. The third kappa shape index (κ3) is 4.08. The van der Waals surface area contributed by atoms with Crippen molar-refractivity contribution in [2.45, 2.75) is 40.3 Å². The molecule has 1 amide bonds. The maximum Gasteiger partial charge on any atom is 0.227 e. The summed E-state index contributed by atoms with van der Waals surface area (Å²) in [7, 11) is 0. The normalized spacial score (nSPS) is 21.3. The topological polar surface area (TPSA) is 44.4 Å². The lowest BCUT2D eigenvalue weighted by Gasteiger charge is -2.23. The molecule has 0 aliphatic carbocycles. The predicted octanol–water partition coefficient (Wildman–Crippen LogP) is 2.14. The molecule has 4 heteroatoms. The summed E-state index contributed by atoms with van der Waals surface area (Å²) < 4.78 is 0. The Morgan fingerprint density at radius 2 is 1.95 bits per heavy atom. The quantitative estimate of drug-likeness (QED) is 0.811. The van der Waals surface area contributed by atoms with E-state index < -0.39 is 0 Å². The molecule has 1 fully saturated rings. The number of hydrogen-bond acceptors (Lipinski definition) is 3. The Morgan fingerprint density at radius 1 is 1.27 bits per heavy atom. The summed E-state index contributed by atoms with van der Waals surface area (Å²) >= 11 is 0. The van der Waals surface area contributed by atoms with E-state index >= 15 is 0 Å². The van der Waals surface area contributed by atoms with E-state index in [1.165, 1.54) is 11.1 Å². The highest BCUT2D eigenvalue weighted by atomic mass is 16.2. The van der Waals surface area contributed by atoms with Crippen molar-refractivity contribution in [3.05, 3.63) is 35.4 Å². The van der Waals surface area contributed by atoms with Gasteiger partial charge in [-0.1, -0.05) is 38.1 Å². The molecule has 1 aliphatic rings. The molecule has 1 saturated heterocycles. The van der Waals surface area contributed by atoms with Crippen LogP contribution < -0.4 is 10.6 Å². The van der Waals surface area contributed by atoms with Crippen molar-refractivity contribution in [1.29, 1.82) is 0 Å². The van der Waals surface area contributed by atoms with Gasteiger partial charge in [0.1, 0.15) is 0 Å². The Labute approximate surface area is 134 Å². The minimum Gasteiger partial charge on any atom is -0.351 e. The maximum atomic E-state index is 12.4. The molecule has 0 aromatic heterocycles. The number of amides is 1. The van der Waals surface area contributed by atoms with Crippen LogP contribution in [0, 0.1) is 5.41 Å². The standard InChI is InChI=1S/C18H29N3O/c1-4-21(5-2)13-16-9-7-6-8-15(16)12-20-17(22)18(3)10-11-19-14-18/h6-9,19H,4-5,10-14H2,1-3H3,(H,20,22). The van der Waals surface area contributed by atoms with Gasteiger partial charge in [-0.3, -0.25) is 9.69 Å². The lowest BCUT2D eigenvalue weighted by Crippen LogP contribution is -2.40. The third-order valence-electron chi connectivity index (χ3n) is 4.76. The second-order valence-corrected chi connectivity index (χ2v) is 6.40. The molecule has 2 rings (SSSR count). The number of nitrogens with one attached hydrogen (secondary N) is 2. The monoisotopic (exact) mass is 303 g/mol. The van der Waals surface area contributed by atoms with E-state index in [0.717, 1.165) is 39.1 Å². The van der Waals surface area contributed by atoms with Crippen LogP contribution >= 0.6 is 0 Å². The van der Waals surface area contributed by atoms with E-state index in [1.807, 2.05) is 13.0 Å². The Bertz CT molecular complexity index is 491. The van der Waals surface area contributed by atoms with Crippen LogP contribution in [-0.4, -0.2) is 37.0 Å². The van der Waals surface area contributed by atoms with Crippen molar-refractivity contribution < 1.29 is 4.79 Å². The molecular weight excluding hydrogens is 274 g/mol. The molecular formula is C18H29N3O. The Balaban J connectivity index is 1.99. The van der Waals surface area contributed by atoms with Crippen LogP contribution in [0.3, 0.4) is 0 Å². The SMILES string of the molecule is CCN(CC)Cc1ccccc1CNC(=O)C1(C)CCNC1. The van der Waals surface area contributed by atoms with Gasteiger partial charge in [0.15, 0.2) is 0 Å². The molecule has 1 aliphatic heterocycles. The summed E-state index contributed by atoms with van der Waals surface area (Å²) in [6, 6.07) is 8.41. The lowest BCUT2D eigenvalue weighted by atomic mass is 9.88. The summed E-state index contributed by atoms with van der Waals surface area (Å²) in [4.78, 5) is 14.8. The first-order valence-electron chi connectivity index (χ1n) is 8.37. The first-order chi connectivity index (χ1) is 10.6. The number of rotatable bonds is 7. The number of hydrogen-bond donors (Lipinski definition) is 2. The zero-order chi connectivity index (χ0) is 16.0. The van der Waals surface area contributed by atoms with E-state index in [1.54, 1.807) is 0 Å². The van der Waals surface area contributed by atoms with Gasteiger partial charge in [0.2, 0.25) is 5.91 Å². The number of carbonyl (C=O) groups is 1. The second-order valence-electron chi connectivity index (χ2n) is 6.40. The first kappa shape index (κ1) is 17.0. The molecule has 0 spiro atoms. The summed E-state index contributed by atoms with van der Waals surface area (Å²) in [5.74, 6) is 0.162. The Kier molecular flexibility index (Phi) is 5.98. The van der Waals surface area contributed by atoms with Gasteiger partial charge < -0.3 is 10.6 Å². The zero-order valence-corrected chi connectivity index (χ0v) is 14.1. The fourth-order valence-electron chi connectivity index (χ4n) is 2.97. The zero-order valence-electron chi connectivity index (χ0n) is 14.1. The molecule has 4 nitrogen and oxygen atoms in total. The molecule has 1 unspecified atom stereocenters. The van der Waals surface area contributed by atoms with Gasteiger partial charge in [-0.25, -0.2) is 0 Å². The van der Waals surface area contributed by atoms with Gasteiger partial charge in [-0.05, 0) is 44.1 Å². The molecule has 22 heavy (non-hydrogen) atoms. The van der Waals surface area contributed by atoms with Gasteiger partial charge in [-0.15, -0.1) is 0 Å². The lowest BCUT2D eigenvalue weighted by molar-refractivity contribution is -0.129. The fourth-order valence-corrected chi connectivity index (χ4v) is 2.97. The molecule has 0 radical (unpaired) electrons. The largest absolute Gasteiger partial charge is 0.351 e. The van der Waals surface area contributed by atoms with Crippen molar-refractivity contribution in [3.63, 3.8) is 0 Å². The van der Waals surface area contributed by atoms with Crippen LogP contribution in [0.25, 0.3) is 0 Å². The first-order valence-corrected chi connectivity index (χ1v) is 8.37. The highest BCUT2D eigenvalue weighted by molar-refractivity contribution is 5.82. The van der Waals surface area contributed by atoms with Crippen molar-refractivity contribution in [2.75, 3.05) is 26.2 Å². The van der Waals surface area contributed by atoms with E-state index in [2.05, 4.69) is 47.6 Å². The Morgan fingerprint density at radius 3 is 2.55 bits per heavy atom. The smallest absolute Gasteiger partial charge is 0.227 e. The average Bonchev–Trinajstić information content (AvgIpc) is 2.99. The molecule has 122 valence electrons. The van der Waals surface area contributed by atoms with Crippen molar-refractivity contribution in [2.24, 2.45) is 5.41 Å². The second kappa shape index (κ2) is 7.75. The molecule has 0 saturated carbocycles. The summed E-state index contributed by atoms with van der Waals surface area (Å²) in [5, 5.41) is 6.41. The minimum atomic E-state index is -0.256. The number of benzene rings is 1. The Hall–Kier alpha value is -1.39. The van der Waals surface area contributed by atoms with Gasteiger partial charge in [0, 0.05) is 19.6 Å². The molecule has 1 heterocycles. The van der Waals surface area contributed by atoms with Crippen LogP contribution in [0.1, 0.15) is 38.3 Å². The molecule has 0 bridgehead atoms. The fraction of sp³-hybridized carbons (Fsp3) is 0.611. The van der Waals surface area contributed by atoms with E-state index in [9.17, 15) is 4.79 Å². The van der Waals surface area contributed by atoms with Gasteiger partial charge in [0.05, 0.1) is 5.41 Å². The number of nitrogens with zero attached hydrogens (tertiary/aromatic N) is 1. The van der Waals surface area contributed by atoms with Gasteiger partial charge in [-0.2, -0.15) is 0 Å². The summed E-state index contributed by atoms with van der Waals surface area (Å²) in [5.41, 5.74) is 2.27. The van der Waals surface area contributed by atoms with Crippen LogP contribution in [0.15, 0.2) is 24.3 Å². The van der Waals surface area contributed by atoms with E-state index in [4.69, 9.17) is 0 Å². The molecule has 2 N–H and O–H groups in total. The molecule has 1 atom stereocenters. The summed E-state index contributed by atoms with van der Waals surface area (Å²) in [6.07, 6.45) is 0.917. The number of carbonyl (C=O) groups excluding carboxylic acids is 1. The summed E-state index contributed by atoms with van der Waals surface area (Å²) in [6.45, 7) is 11.8. The minimum absolute atomic E-state index is 0.162. The van der Waals surface area contributed by atoms with Crippen molar-refractivity contribution in [1.82, 2.24) is 15.5 Å². The van der Waals surface area contributed by atoms with Crippen LogP contribution in [0.5, 0.6) is 0 Å². The molecule has 1 aromatic rings. The van der Waals surface area contributed by atoms with E-state index in [-0.39, 0.29) is 11.3 Å². The van der Waals surface area contributed by atoms with Crippen molar-refractivity contribution in [3.8, 4) is 0 Å².